The molecule has 174 valence electrons. The Balaban J connectivity index is 0.00000363. The Kier molecular flexibility index (Phi) is 10.0. The topological polar surface area (TPSA) is 94.8 Å². The van der Waals surface area contributed by atoms with Crippen LogP contribution in [-0.4, -0.2) is 48.6 Å². The van der Waals surface area contributed by atoms with Gasteiger partial charge in [-0.3, -0.25) is 0 Å². The summed E-state index contributed by atoms with van der Waals surface area (Å²) >= 11 is 1.74. The van der Waals surface area contributed by atoms with Crippen LogP contribution in [0.1, 0.15) is 16.5 Å². The number of thiophene rings is 1. The molecular weight excluding hydrogens is 543 g/mol. The van der Waals surface area contributed by atoms with Crippen molar-refractivity contribution < 1.29 is 14.2 Å². The molecule has 9 nitrogen and oxygen atoms in total. The lowest BCUT2D eigenvalue weighted by Gasteiger charge is -2.17. The fourth-order valence-electron chi connectivity index (χ4n) is 2.93. The van der Waals surface area contributed by atoms with E-state index >= 15 is 0 Å². The summed E-state index contributed by atoms with van der Waals surface area (Å²) < 4.78 is 18.2. The van der Waals surface area contributed by atoms with E-state index in [0.29, 0.717) is 29.8 Å². The number of nitrogens with zero attached hydrogens (tertiary/aromatic N) is 4. The van der Waals surface area contributed by atoms with E-state index in [4.69, 9.17) is 19.2 Å². The average Bonchev–Trinajstić information content (AvgIpc) is 3.41. The van der Waals surface area contributed by atoms with Gasteiger partial charge in [0.15, 0.2) is 23.3 Å². The van der Waals surface area contributed by atoms with Crippen molar-refractivity contribution in [2.45, 2.75) is 19.9 Å². The number of hydrogen-bond donors (Lipinski definition) is 2. The third-order valence-electron chi connectivity index (χ3n) is 4.73. The molecule has 0 radical (unpaired) electrons. The molecule has 0 saturated carbocycles. The first-order valence-corrected chi connectivity index (χ1v) is 10.7. The van der Waals surface area contributed by atoms with Crippen LogP contribution in [0.3, 0.4) is 0 Å². The van der Waals surface area contributed by atoms with Crippen LogP contribution in [0.25, 0.3) is 0 Å². The van der Waals surface area contributed by atoms with Gasteiger partial charge in [0.05, 0.1) is 21.3 Å². The van der Waals surface area contributed by atoms with Gasteiger partial charge in [-0.1, -0.05) is 6.07 Å². The molecule has 2 heterocycles. The van der Waals surface area contributed by atoms with Crippen molar-refractivity contribution in [2.75, 3.05) is 33.2 Å². The molecule has 0 fully saturated rings. The number of aliphatic imine (C=N–C) groups is 1. The smallest absolute Gasteiger partial charge is 0.203 e. The largest absolute Gasteiger partial charge is 0.493 e. The van der Waals surface area contributed by atoms with E-state index in [0.717, 1.165) is 30.3 Å². The fraction of sp³-hybridized carbons (Fsp3) is 0.381. The first-order valence-electron chi connectivity index (χ1n) is 9.78. The summed E-state index contributed by atoms with van der Waals surface area (Å²) in [7, 11) is 6.68. The van der Waals surface area contributed by atoms with Crippen LogP contribution in [0.15, 0.2) is 34.6 Å². The van der Waals surface area contributed by atoms with Crippen LogP contribution >= 0.6 is 35.3 Å². The molecule has 32 heavy (non-hydrogen) atoms. The number of rotatable bonds is 9. The van der Waals surface area contributed by atoms with Gasteiger partial charge in [0.2, 0.25) is 5.75 Å². The second-order valence-corrected chi connectivity index (χ2v) is 7.71. The van der Waals surface area contributed by atoms with Crippen LogP contribution in [-0.2, 0) is 20.0 Å². The normalized spacial score (nSPS) is 11.0. The lowest BCUT2D eigenvalue weighted by atomic mass is 10.2. The predicted molar refractivity (Wildman–Crippen MR) is 138 cm³/mol. The molecule has 3 aromatic rings. The lowest BCUT2D eigenvalue weighted by molar-refractivity contribution is 0.324. The number of aromatic nitrogens is 3. The van der Waals surface area contributed by atoms with Gasteiger partial charge in [-0.2, -0.15) is 0 Å². The van der Waals surface area contributed by atoms with Crippen molar-refractivity contribution in [3.8, 4) is 17.2 Å². The Morgan fingerprint density at radius 2 is 1.84 bits per heavy atom. The van der Waals surface area contributed by atoms with Gasteiger partial charge in [-0.05, 0) is 24.8 Å². The average molecular weight is 572 g/mol. The highest BCUT2D eigenvalue weighted by Crippen LogP contribution is 2.39. The Labute approximate surface area is 209 Å². The molecule has 0 aliphatic rings. The van der Waals surface area contributed by atoms with Gasteiger partial charge in [0.25, 0.3) is 0 Å². The van der Waals surface area contributed by atoms with E-state index in [1.54, 1.807) is 32.7 Å². The highest BCUT2D eigenvalue weighted by Gasteiger charge is 2.14. The summed E-state index contributed by atoms with van der Waals surface area (Å²) in [5.41, 5.74) is 0.756. The molecule has 0 unspecified atom stereocenters. The third-order valence-corrected chi connectivity index (χ3v) is 5.67. The fourth-order valence-corrected chi connectivity index (χ4v) is 3.64. The van der Waals surface area contributed by atoms with Crippen LogP contribution in [0.2, 0.25) is 0 Å². The molecule has 11 heteroatoms. The van der Waals surface area contributed by atoms with Crippen LogP contribution in [0.5, 0.6) is 17.2 Å². The molecular formula is C21H29IN6O3S. The lowest BCUT2D eigenvalue weighted by Crippen LogP contribution is -2.32. The van der Waals surface area contributed by atoms with E-state index in [1.165, 1.54) is 4.88 Å². The van der Waals surface area contributed by atoms with Gasteiger partial charge in [-0.25, -0.2) is 4.99 Å². The number of methoxy groups -OCH3 is 3. The zero-order chi connectivity index (χ0) is 22.2. The Hall–Kier alpha value is -2.54. The third kappa shape index (κ3) is 6.48. The maximum Gasteiger partial charge on any atom is 0.203 e. The first-order chi connectivity index (χ1) is 15.0. The van der Waals surface area contributed by atoms with Gasteiger partial charge >= 0.3 is 0 Å². The first kappa shape index (κ1) is 25.7. The summed E-state index contributed by atoms with van der Waals surface area (Å²) in [5.74, 6) is 3.90. The molecule has 3 rings (SSSR count). The van der Waals surface area contributed by atoms with Gasteiger partial charge in [0.1, 0.15) is 12.4 Å². The molecule has 2 N–H and O–H groups in total. The van der Waals surface area contributed by atoms with Crippen molar-refractivity contribution in [3.05, 3.63) is 46.2 Å². The number of anilines is 1. The van der Waals surface area contributed by atoms with E-state index < -0.39 is 0 Å². The number of benzene rings is 1. The molecule has 0 amide bonds. The molecule has 0 atom stereocenters. The second-order valence-electron chi connectivity index (χ2n) is 6.68. The van der Waals surface area contributed by atoms with E-state index in [1.807, 2.05) is 30.7 Å². The zero-order valence-corrected chi connectivity index (χ0v) is 22.0. The van der Waals surface area contributed by atoms with Gasteiger partial charge in [-0.15, -0.1) is 45.5 Å². The molecule has 0 spiro atoms. The zero-order valence-electron chi connectivity index (χ0n) is 18.8. The maximum atomic E-state index is 5.45. The number of ether oxygens (including phenoxy) is 3. The molecule has 0 aliphatic heterocycles. The van der Waals surface area contributed by atoms with Crippen LogP contribution in [0.4, 0.5) is 5.69 Å². The van der Waals surface area contributed by atoms with Crippen molar-refractivity contribution in [2.24, 2.45) is 12.0 Å². The number of halogens is 1. The van der Waals surface area contributed by atoms with Crippen molar-refractivity contribution >= 4 is 47.0 Å². The van der Waals surface area contributed by atoms with Crippen molar-refractivity contribution in [1.82, 2.24) is 20.1 Å². The number of nitrogens with one attached hydrogen (secondary N) is 2. The standard InChI is InChI=1S/C21H28N6O3S.HI/c1-14-25-26-19(27(14)2)13-23-21(22-9-8-16-7-6-10-31-16)24-15-11-17(28-3)20(30-5)18(12-15)29-4;/h6-7,10-12H,8-9,13H2,1-5H3,(H2,22,23,24);1H. The van der Waals surface area contributed by atoms with E-state index in [-0.39, 0.29) is 24.0 Å². The second kappa shape index (κ2) is 12.5. The summed E-state index contributed by atoms with van der Waals surface area (Å²) in [5, 5.41) is 17.1. The van der Waals surface area contributed by atoms with E-state index in [9.17, 15) is 0 Å². The summed E-state index contributed by atoms with van der Waals surface area (Å²) in [6.07, 6.45) is 0.899. The van der Waals surface area contributed by atoms with Crippen molar-refractivity contribution in [1.29, 1.82) is 0 Å². The highest BCUT2D eigenvalue weighted by atomic mass is 127. The maximum absolute atomic E-state index is 5.45. The Morgan fingerprint density at radius 1 is 1.12 bits per heavy atom. The molecule has 0 aliphatic carbocycles. The molecule has 0 bridgehead atoms. The van der Waals surface area contributed by atoms with E-state index in [2.05, 4.69) is 38.3 Å². The number of aryl methyl sites for hydroxylation is 1. The number of hydrogen-bond acceptors (Lipinski definition) is 7. The minimum absolute atomic E-state index is 0. The quantitative estimate of drug-likeness (QED) is 0.230. The SMILES string of the molecule is COc1cc(NC(=NCc2nnc(C)n2C)NCCc2cccs2)cc(OC)c1OC.I. The van der Waals surface area contributed by atoms with Crippen LogP contribution < -0.4 is 24.8 Å². The monoisotopic (exact) mass is 572 g/mol. The number of guanidine groups is 1. The van der Waals surface area contributed by atoms with Gasteiger partial charge in [0, 0.05) is 36.3 Å². The highest BCUT2D eigenvalue weighted by molar-refractivity contribution is 14.0. The van der Waals surface area contributed by atoms with Gasteiger partial charge < -0.3 is 29.4 Å². The van der Waals surface area contributed by atoms with Crippen LogP contribution in [0, 0.1) is 6.92 Å². The molecule has 1 aromatic carbocycles. The minimum atomic E-state index is 0. The Bertz CT molecular complexity index is 998. The predicted octanol–water partition coefficient (Wildman–Crippen LogP) is 3.63. The summed E-state index contributed by atoms with van der Waals surface area (Å²) in [4.78, 5) is 6.01. The summed E-state index contributed by atoms with van der Waals surface area (Å²) in [6, 6.07) is 7.85. The minimum Gasteiger partial charge on any atom is -0.493 e. The Morgan fingerprint density at radius 3 is 2.38 bits per heavy atom. The van der Waals surface area contributed by atoms with Crippen molar-refractivity contribution in [3.63, 3.8) is 0 Å². The molecule has 0 saturated heterocycles. The molecule has 2 aromatic heterocycles. The summed E-state index contributed by atoms with van der Waals surface area (Å²) in [6.45, 7) is 3.03.